The highest BCUT2D eigenvalue weighted by atomic mass is 32.1. The number of hydrogen-bond donors (Lipinski definition) is 0. The van der Waals surface area contributed by atoms with E-state index in [1.165, 1.54) is 70.0 Å². The van der Waals surface area contributed by atoms with Gasteiger partial charge in [-0.1, -0.05) is 146 Å². The van der Waals surface area contributed by atoms with Crippen LogP contribution in [0.4, 0.5) is 17.1 Å². The summed E-state index contributed by atoms with van der Waals surface area (Å²) in [6.07, 6.45) is 0. The third-order valence-corrected chi connectivity index (χ3v) is 11.5. The van der Waals surface area contributed by atoms with E-state index in [1.807, 2.05) is 11.3 Å². The van der Waals surface area contributed by atoms with Crippen LogP contribution in [-0.2, 0) is 5.41 Å². The van der Waals surface area contributed by atoms with Gasteiger partial charge in [-0.3, -0.25) is 0 Å². The van der Waals surface area contributed by atoms with E-state index in [0.29, 0.717) is 0 Å². The average molecular weight is 642 g/mol. The van der Waals surface area contributed by atoms with Gasteiger partial charge in [0.15, 0.2) is 0 Å². The number of benzene rings is 8. The maximum Gasteiger partial charge on any atom is 0.0720 e. The molecule has 0 unspecified atom stereocenters. The largest absolute Gasteiger partial charge is 0.310 e. The van der Waals surface area contributed by atoms with E-state index in [2.05, 4.69) is 193 Å². The molecule has 8 aromatic carbocycles. The molecule has 0 fully saturated rings. The summed E-state index contributed by atoms with van der Waals surface area (Å²) in [6.45, 7) is 0. The Labute approximate surface area is 290 Å². The number of hydrogen-bond acceptors (Lipinski definition) is 2. The zero-order valence-electron chi connectivity index (χ0n) is 26.8. The molecule has 0 bridgehead atoms. The number of fused-ring (bicyclic) bond motifs is 7. The van der Waals surface area contributed by atoms with Crippen molar-refractivity contribution in [2.45, 2.75) is 5.41 Å². The highest BCUT2D eigenvalue weighted by molar-refractivity contribution is 7.25. The Hall–Kier alpha value is -5.96. The standard InChI is InChI=1S/C47H31NS/c1-3-17-33(18-4-1)47(40-24-11-9-22-37(40)38-23-10-12-25-41(38)47)42-26-14-28-45-46(42)39-31-35(29-30-44(39)49-45)48(34-19-5-2-6-20-34)43-27-13-16-32-15-7-8-21-36(32)43/h1-31H. The first-order valence-corrected chi connectivity index (χ1v) is 17.7. The van der Waals surface area contributed by atoms with Crippen LogP contribution < -0.4 is 4.90 Å². The molecule has 0 atom stereocenters. The van der Waals surface area contributed by atoms with Crippen molar-refractivity contribution in [2.75, 3.05) is 4.90 Å². The lowest BCUT2D eigenvalue weighted by Gasteiger charge is -2.34. The van der Waals surface area contributed by atoms with Gasteiger partial charge < -0.3 is 4.90 Å². The Kier molecular flexibility index (Phi) is 6.34. The van der Waals surface area contributed by atoms with E-state index in [4.69, 9.17) is 0 Å². The molecule has 1 aliphatic carbocycles. The van der Waals surface area contributed by atoms with Crippen molar-refractivity contribution in [1.29, 1.82) is 0 Å². The SMILES string of the molecule is c1ccc(N(c2ccc3sc4cccc(C5(c6ccccc6)c6ccccc6-c6ccccc65)c4c3c2)c2cccc3ccccc23)cc1. The molecule has 1 heterocycles. The number of nitrogens with zero attached hydrogens (tertiary/aromatic N) is 1. The Morgan fingerprint density at radius 3 is 1.80 bits per heavy atom. The Morgan fingerprint density at radius 1 is 0.408 bits per heavy atom. The summed E-state index contributed by atoms with van der Waals surface area (Å²) in [4.78, 5) is 2.42. The van der Waals surface area contributed by atoms with Crippen LogP contribution in [0.25, 0.3) is 42.1 Å². The molecular weight excluding hydrogens is 611 g/mol. The first-order chi connectivity index (χ1) is 24.3. The monoisotopic (exact) mass is 641 g/mol. The lowest BCUT2D eigenvalue weighted by molar-refractivity contribution is 0.777. The van der Waals surface area contributed by atoms with Gasteiger partial charge in [0.1, 0.15) is 0 Å². The van der Waals surface area contributed by atoms with E-state index >= 15 is 0 Å². The van der Waals surface area contributed by atoms with E-state index in [9.17, 15) is 0 Å². The molecule has 1 aliphatic rings. The van der Waals surface area contributed by atoms with Gasteiger partial charge in [-0.05, 0) is 81.2 Å². The van der Waals surface area contributed by atoms with Crippen LogP contribution in [0.3, 0.4) is 0 Å². The molecule has 0 aliphatic heterocycles. The van der Waals surface area contributed by atoms with Crippen LogP contribution >= 0.6 is 11.3 Å². The van der Waals surface area contributed by atoms with Crippen LogP contribution in [0.1, 0.15) is 22.3 Å². The van der Waals surface area contributed by atoms with Crippen LogP contribution in [0.15, 0.2) is 188 Å². The molecule has 0 N–H and O–H groups in total. The fourth-order valence-corrected chi connectivity index (χ4v) is 9.47. The van der Waals surface area contributed by atoms with E-state index < -0.39 is 5.41 Å². The predicted molar refractivity (Wildman–Crippen MR) is 209 cm³/mol. The molecular formula is C47H31NS. The maximum absolute atomic E-state index is 2.43. The van der Waals surface area contributed by atoms with Gasteiger partial charge in [0, 0.05) is 36.9 Å². The lowest BCUT2D eigenvalue weighted by Crippen LogP contribution is -2.28. The average Bonchev–Trinajstić information content (AvgIpc) is 3.70. The number of thiophene rings is 1. The second-order valence-corrected chi connectivity index (χ2v) is 13.9. The summed E-state index contributed by atoms with van der Waals surface area (Å²) in [5.41, 5.74) is 10.9. The highest BCUT2D eigenvalue weighted by Gasteiger charge is 2.46. The van der Waals surface area contributed by atoms with Gasteiger partial charge in [-0.25, -0.2) is 0 Å². The zero-order valence-corrected chi connectivity index (χ0v) is 27.6. The van der Waals surface area contributed by atoms with Crippen molar-refractivity contribution in [3.63, 3.8) is 0 Å². The predicted octanol–water partition coefficient (Wildman–Crippen LogP) is 13.0. The molecule has 1 nitrogen and oxygen atoms in total. The lowest BCUT2D eigenvalue weighted by atomic mass is 9.66. The van der Waals surface area contributed by atoms with Crippen LogP contribution in [0, 0.1) is 0 Å². The minimum atomic E-state index is -0.466. The Bertz CT molecular complexity index is 2620. The van der Waals surface area contributed by atoms with Crippen LogP contribution in [0.2, 0.25) is 0 Å². The summed E-state index contributed by atoms with van der Waals surface area (Å²) in [5.74, 6) is 0. The highest BCUT2D eigenvalue weighted by Crippen LogP contribution is 2.58. The molecule has 2 heteroatoms. The van der Waals surface area contributed by atoms with E-state index in [-0.39, 0.29) is 0 Å². The minimum absolute atomic E-state index is 0.466. The third-order valence-electron chi connectivity index (χ3n) is 10.3. The van der Waals surface area contributed by atoms with Crippen molar-refractivity contribution in [3.05, 3.63) is 210 Å². The summed E-state index contributed by atoms with van der Waals surface area (Å²) < 4.78 is 2.60. The smallest absolute Gasteiger partial charge is 0.0720 e. The third kappa shape index (κ3) is 4.11. The summed E-state index contributed by atoms with van der Waals surface area (Å²) in [6, 6.07) is 69.2. The second kappa shape index (κ2) is 11.1. The van der Waals surface area contributed by atoms with Gasteiger partial charge in [0.05, 0.1) is 11.1 Å². The topological polar surface area (TPSA) is 3.24 Å². The summed E-state index contributed by atoms with van der Waals surface area (Å²) >= 11 is 1.89. The summed E-state index contributed by atoms with van der Waals surface area (Å²) in [7, 11) is 0. The van der Waals surface area contributed by atoms with Crippen LogP contribution in [-0.4, -0.2) is 0 Å². The van der Waals surface area contributed by atoms with E-state index in [0.717, 1.165) is 11.4 Å². The van der Waals surface area contributed by atoms with Gasteiger partial charge in [0.25, 0.3) is 0 Å². The molecule has 0 saturated carbocycles. The molecule has 230 valence electrons. The molecule has 0 amide bonds. The number of anilines is 3. The van der Waals surface area contributed by atoms with Gasteiger partial charge in [-0.2, -0.15) is 0 Å². The second-order valence-electron chi connectivity index (χ2n) is 12.8. The van der Waals surface area contributed by atoms with E-state index in [1.54, 1.807) is 0 Å². The van der Waals surface area contributed by atoms with Crippen molar-refractivity contribution in [3.8, 4) is 11.1 Å². The Balaban J connectivity index is 1.30. The minimum Gasteiger partial charge on any atom is -0.310 e. The fourth-order valence-electron chi connectivity index (χ4n) is 8.35. The molecule has 0 spiro atoms. The van der Waals surface area contributed by atoms with Crippen molar-refractivity contribution in [2.24, 2.45) is 0 Å². The normalized spacial score (nSPS) is 13.1. The van der Waals surface area contributed by atoms with Crippen molar-refractivity contribution >= 4 is 59.3 Å². The zero-order chi connectivity index (χ0) is 32.4. The number of para-hydroxylation sites is 1. The molecule has 49 heavy (non-hydrogen) atoms. The van der Waals surface area contributed by atoms with Gasteiger partial charge in [-0.15, -0.1) is 11.3 Å². The molecule has 1 aromatic heterocycles. The van der Waals surface area contributed by atoms with Crippen LogP contribution in [0.5, 0.6) is 0 Å². The first-order valence-electron chi connectivity index (χ1n) is 16.9. The number of rotatable bonds is 5. The summed E-state index contributed by atoms with van der Waals surface area (Å²) in [5, 5.41) is 5.07. The Morgan fingerprint density at radius 2 is 1.02 bits per heavy atom. The van der Waals surface area contributed by atoms with Crippen molar-refractivity contribution < 1.29 is 0 Å². The fraction of sp³-hybridized carbons (Fsp3) is 0.0213. The quantitative estimate of drug-likeness (QED) is 0.181. The molecule has 0 radical (unpaired) electrons. The van der Waals surface area contributed by atoms with Gasteiger partial charge in [0.2, 0.25) is 0 Å². The van der Waals surface area contributed by atoms with Gasteiger partial charge >= 0.3 is 0 Å². The first kappa shape index (κ1) is 28.1. The molecule has 9 aromatic rings. The molecule has 0 saturated heterocycles. The molecule has 10 rings (SSSR count). The van der Waals surface area contributed by atoms with Crippen molar-refractivity contribution in [1.82, 2.24) is 0 Å². The maximum atomic E-state index is 2.43.